The fourth-order valence-corrected chi connectivity index (χ4v) is 5.42. The number of benzene rings is 3. The highest BCUT2D eigenvalue weighted by atomic mass is 16.5. The average molecular weight is 557 g/mol. The highest BCUT2D eigenvalue weighted by molar-refractivity contribution is 6.12. The lowest BCUT2D eigenvalue weighted by molar-refractivity contribution is -0.138. The van der Waals surface area contributed by atoms with Gasteiger partial charge in [0.25, 0.3) is 0 Å². The number of nitrogens with zero attached hydrogens (tertiary/aromatic N) is 1. The fourth-order valence-electron chi connectivity index (χ4n) is 5.42. The van der Waals surface area contributed by atoms with E-state index in [0.717, 1.165) is 24.8 Å². The van der Waals surface area contributed by atoms with Gasteiger partial charge >= 0.3 is 5.97 Å². The number of hydrogen-bond donors (Lipinski definition) is 2. The van der Waals surface area contributed by atoms with Crippen LogP contribution in [0.1, 0.15) is 73.4 Å². The second-order valence-corrected chi connectivity index (χ2v) is 10.6. The second-order valence-electron chi connectivity index (χ2n) is 10.6. The molecule has 7 nitrogen and oxygen atoms in total. The van der Waals surface area contributed by atoms with Crippen LogP contribution in [0.4, 0.5) is 5.69 Å². The fraction of sp³-hybridized carbons (Fsp3) is 0.382. The topological polar surface area (TPSA) is 95.9 Å². The average Bonchev–Trinajstić information content (AvgIpc) is 3.00. The Labute approximate surface area is 242 Å². The number of rotatable bonds is 14. The molecule has 1 fully saturated rings. The molecule has 0 unspecified atom stereocenters. The Hall–Kier alpha value is -4.13. The lowest BCUT2D eigenvalue weighted by atomic mass is 9.94. The molecule has 0 saturated heterocycles. The molecule has 0 bridgehead atoms. The first kappa shape index (κ1) is 29.8. The summed E-state index contributed by atoms with van der Waals surface area (Å²) in [6.45, 7) is 3.01. The number of carboxylic acids is 1. The predicted octanol–water partition coefficient (Wildman–Crippen LogP) is 6.37. The minimum Gasteiger partial charge on any atom is -0.492 e. The van der Waals surface area contributed by atoms with Crippen molar-refractivity contribution < 1.29 is 24.2 Å². The van der Waals surface area contributed by atoms with Gasteiger partial charge in [0.15, 0.2) is 5.78 Å². The highest BCUT2D eigenvalue weighted by Crippen LogP contribution is 2.24. The summed E-state index contributed by atoms with van der Waals surface area (Å²) < 4.78 is 5.98. The molecule has 7 heteroatoms. The van der Waals surface area contributed by atoms with E-state index in [2.05, 4.69) is 5.32 Å². The number of ketones is 1. The number of aliphatic carboxylic acids is 1. The van der Waals surface area contributed by atoms with Crippen LogP contribution in [0.15, 0.2) is 78.9 Å². The predicted molar refractivity (Wildman–Crippen MR) is 160 cm³/mol. The van der Waals surface area contributed by atoms with Crippen molar-refractivity contribution in [3.8, 4) is 5.75 Å². The number of carbonyl (C=O) groups excluding carboxylic acids is 2. The molecule has 1 amide bonds. The van der Waals surface area contributed by atoms with Crippen molar-refractivity contribution in [3.05, 3.63) is 95.6 Å². The normalized spacial score (nSPS) is 14.2. The van der Waals surface area contributed by atoms with Gasteiger partial charge in [-0.15, -0.1) is 0 Å². The molecule has 1 saturated carbocycles. The number of ether oxygens (including phenoxy) is 1. The van der Waals surface area contributed by atoms with E-state index in [1.807, 2.05) is 42.2 Å². The van der Waals surface area contributed by atoms with Crippen LogP contribution in [0.5, 0.6) is 5.75 Å². The van der Waals surface area contributed by atoms with Crippen LogP contribution in [0.3, 0.4) is 0 Å². The van der Waals surface area contributed by atoms with Gasteiger partial charge in [-0.25, -0.2) is 4.79 Å². The maximum atomic E-state index is 13.1. The van der Waals surface area contributed by atoms with E-state index < -0.39 is 12.0 Å². The number of carboxylic acid groups (broad SMARTS) is 1. The zero-order valence-electron chi connectivity index (χ0n) is 23.8. The SMILES string of the molecule is CCCC(=O)N(CCOc1ccc(C[C@H](Nc2ccccc2C(=O)c2ccccc2)C(=O)O)cc1)C1CCCCC1. The van der Waals surface area contributed by atoms with Crippen molar-refractivity contribution in [2.45, 2.75) is 70.4 Å². The first-order chi connectivity index (χ1) is 20.0. The molecule has 216 valence electrons. The molecule has 1 aliphatic carbocycles. The summed E-state index contributed by atoms with van der Waals surface area (Å²) in [5, 5.41) is 13.0. The Bertz CT molecular complexity index is 1290. The minimum absolute atomic E-state index is 0.169. The standard InChI is InChI=1S/C34H40N2O5/c1-2-11-32(37)36(27-14-7-4-8-15-27)22-23-41-28-20-18-25(19-21-28)24-31(34(39)40)35-30-17-10-9-16-29(30)33(38)26-12-5-3-6-13-26/h3,5-6,9-10,12-13,16-21,27,31,35H,2,4,7-8,11,14-15,22-24H2,1H3,(H,39,40)/t31-/m0/s1. The van der Waals surface area contributed by atoms with Gasteiger partial charge < -0.3 is 20.1 Å². The van der Waals surface area contributed by atoms with E-state index in [1.54, 1.807) is 48.5 Å². The molecule has 0 aromatic heterocycles. The molecule has 0 heterocycles. The third kappa shape index (κ3) is 8.43. The van der Waals surface area contributed by atoms with E-state index in [-0.39, 0.29) is 18.1 Å². The summed E-state index contributed by atoms with van der Waals surface area (Å²) in [5.74, 6) is -0.291. The van der Waals surface area contributed by atoms with Gasteiger partial charge in [-0.1, -0.05) is 80.8 Å². The van der Waals surface area contributed by atoms with Gasteiger partial charge in [0, 0.05) is 35.7 Å². The first-order valence-electron chi connectivity index (χ1n) is 14.7. The molecule has 2 N–H and O–H groups in total. The third-order valence-electron chi connectivity index (χ3n) is 7.60. The van der Waals surface area contributed by atoms with Crippen LogP contribution in [-0.4, -0.2) is 52.9 Å². The molecule has 0 aliphatic heterocycles. The molecule has 0 radical (unpaired) electrons. The van der Waals surface area contributed by atoms with Crippen LogP contribution < -0.4 is 10.1 Å². The number of nitrogens with one attached hydrogen (secondary N) is 1. The van der Waals surface area contributed by atoms with E-state index >= 15 is 0 Å². The zero-order chi connectivity index (χ0) is 29.0. The van der Waals surface area contributed by atoms with Gasteiger partial charge in [-0.3, -0.25) is 9.59 Å². The molecular weight excluding hydrogens is 516 g/mol. The van der Waals surface area contributed by atoms with Crippen molar-refractivity contribution in [1.82, 2.24) is 4.90 Å². The number of carbonyl (C=O) groups is 3. The van der Waals surface area contributed by atoms with Gasteiger partial charge in [0.05, 0.1) is 6.54 Å². The monoisotopic (exact) mass is 556 g/mol. The van der Waals surface area contributed by atoms with Gasteiger partial charge in [0.1, 0.15) is 18.4 Å². The van der Waals surface area contributed by atoms with Crippen molar-refractivity contribution >= 4 is 23.3 Å². The molecule has 1 aliphatic rings. The number of amides is 1. The van der Waals surface area contributed by atoms with Crippen molar-refractivity contribution in [3.63, 3.8) is 0 Å². The Morgan fingerprint density at radius 3 is 2.29 bits per heavy atom. The quantitative estimate of drug-likeness (QED) is 0.224. The Kier molecular flexibility index (Phi) is 10.9. The highest BCUT2D eigenvalue weighted by Gasteiger charge is 2.25. The molecular formula is C34H40N2O5. The summed E-state index contributed by atoms with van der Waals surface area (Å²) in [7, 11) is 0. The Morgan fingerprint density at radius 1 is 0.927 bits per heavy atom. The zero-order valence-corrected chi connectivity index (χ0v) is 23.8. The summed E-state index contributed by atoms with van der Waals surface area (Å²) in [6.07, 6.45) is 7.34. The van der Waals surface area contributed by atoms with E-state index in [9.17, 15) is 19.5 Å². The van der Waals surface area contributed by atoms with Gasteiger partial charge in [-0.05, 0) is 49.1 Å². The van der Waals surface area contributed by atoms with Crippen LogP contribution in [-0.2, 0) is 16.0 Å². The van der Waals surface area contributed by atoms with Crippen LogP contribution in [0.2, 0.25) is 0 Å². The van der Waals surface area contributed by atoms with Crippen molar-refractivity contribution in [1.29, 1.82) is 0 Å². The molecule has 41 heavy (non-hydrogen) atoms. The van der Waals surface area contributed by atoms with Crippen molar-refractivity contribution in [2.75, 3.05) is 18.5 Å². The van der Waals surface area contributed by atoms with E-state index in [1.165, 1.54) is 19.3 Å². The molecule has 1 atom stereocenters. The van der Waals surface area contributed by atoms with Gasteiger partial charge in [0.2, 0.25) is 5.91 Å². The molecule has 4 rings (SSSR count). The van der Waals surface area contributed by atoms with E-state index in [4.69, 9.17) is 4.74 Å². The molecule has 3 aromatic carbocycles. The van der Waals surface area contributed by atoms with Crippen LogP contribution in [0, 0.1) is 0 Å². The maximum absolute atomic E-state index is 13.1. The summed E-state index contributed by atoms with van der Waals surface area (Å²) >= 11 is 0. The lowest BCUT2D eigenvalue weighted by Gasteiger charge is -2.34. The number of para-hydroxylation sites is 1. The van der Waals surface area contributed by atoms with E-state index in [0.29, 0.717) is 48.2 Å². The smallest absolute Gasteiger partial charge is 0.326 e. The van der Waals surface area contributed by atoms with Crippen LogP contribution in [0.25, 0.3) is 0 Å². The Balaban J connectivity index is 1.36. The van der Waals surface area contributed by atoms with Crippen LogP contribution >= 0.6 is 0 Å². The summed E-state index contributed by atoms with van der Waals surface area (Å²) in [4.78, 5) is 40.0. The third-order valence-corrected chi connectivity index (χ3v) is 7.60. The largest absolute Gasteiger partial charge is 0.492 e. The lowest BCUT2D eigenvalue weighted by Crippen LogP contribution is -2.43. The minimum atomic E-state index is -1.01. The summed E-state index contributed by atoms with van der Waals surface area (Å²) in [6, 6.07) is 22.7. The molecule has 3 aromatic rings. The van der Waals surface area contributed by atoms with Crippen molar-refractivity contribution in [2.24, 2.45) is 0 Å². The molecule has 0 spiro atoms. The van der Waals surface area contributed by atoms with Gasteiger partial charge in [-0.2, -0.15) is 0 Å². The number of hydrogen-bond acceptors (Lipinski definition) is 5. The Morgan fingerprint density at radius 2 is 1.61 bits per heavy atom. The maximum Gasteiger partial charge on any atom is 0.326 e. The first-order valence-corrected chi connectivity index (χ1v) is 14.7. The second kappa shape index (κ2) is 15.0. The summed E-state index contributed by atoms with van der Waals surface area (Å²) in [5.41, 5.74) is 2.27. The number of anilines is 1.